The van der Waals surface area contributed by atoms with Crippen molar-refractivity contribution in [1.29, 1.82) is 5.26 Å². The second-order valence-electron chi connectivity index (χ2n) is 8.61. The lowest BCUT2D eigenvalue weighted by atomic mass is 9.86. The van der Waals surface area contributed by atoms with Gasteiger partial charge in [-0.05, 0) is 69.8 Å². The third-order valence-electron chi connectivity index (χ3n) is 6.82. The molecule has 3 aromatic rings. The van der Waals surface area contributed by atoms with Crippen LogP contribution < -0.4 is 0 Å². The molecule has 2 aliphatic rings. The molecule has 1 amide bonds. The molecule has 1 aliphatic heterocycles. The lowest BCUT2D eigenvalue weighted by molar-refractivity contribution is 0.134. The average Bonchev–Trinajstić information content (AvgIpc) is 3.58. The SMILES string of the molecule is CCC1CN(C(=O)O)Cc2ccc(C3CC3c3ccc4cc(C#N)ccc4c3)cc21. The summed E-state index contributed by atoms with van der Waals surface area (Å²) >= 11 is 0. The molecule has 3 atom stereocenters. The Morgan fingerprint density at radius 2 is 1.77 bits per heavy atom. The van der Waals surface area contributed by atoms with Gasteiger partial charge < -0.3 is 10.0 Å². The summed E-state index contributed by atoms with van der Waals surface area (Å²) < 4.78 is 0. The summed E-state index contributed by atoms with van der Waals surface area (Å²) in [5.74, 6) is 1.33. The summed E-state index contributed by atoms with van der Waals surface area (Å²) in [4.78, 5) is 13.0. The van der Waals surface area contributed by atoms with Crippen LogP contribution in [0.1, 0.15) is 65.3 Å². The second-order valence-corrected chi connectivity index (χ2v) is 8.61. The Balaban J connectivity index is 1.40. The van der Waals surface area contributed by atoms with E-state index < -0.39 is 6.09 Å². The van der Waals surface area contributed by atoms with Gasteiger partial charge >= 0.3 is 6.09 Å². The quantitative estimate of drug-likeness (QED) is 0.593. The first kappa shape index (κ1) is 18.7. The van der Waals surface area contributed by atoms with Crippen LogP contribution in [-0.4, -0.2) is 22.6 Å². The Labute approximate surface area is 176 Å². The highest BCUT2D eigenvalue weighted by Gasteiger charge is 2.40. The summed E-state index contributed by atoms with van der Waals surface area (Å²) in [6.07, 6.45) is 1.27. The highest BCUT2D eigenvalue weighted by Crippen LogP contribution is 2.55. The Morgan fingerprint density at radius 3 is 2.50 bits per heavy atom. The molecule has 1 heterocycles. The summed E-state index contributed by atoms with van der Waals surface area (Å²) in [6.45, 7) is 3.22. The van der Waals surface area contributed by atoms with Gasteiger partial charge in [-0.25, -0.2) is 4.79 Å². The molecule has 3 unspecified atom stereocenters. The standard InChI is InChI=1S/C26H24N2O2/c1-2-17-14-28(26(29)30)15-22-8-7-21(11-23(17)22)25-12-24(25)20-6-5-18-9-16(13-27)3-4-19(18)10-20/h3-11,17,24-25H,2,12,14-15H2,1H3,(H,29,30). The smallest absolute Gasteiger partial charge is 0.407 e. The van der Waals surface area contributed by atoms with Crippen LogP contribution in [0.3, 0.4) is 0 Å². The molecule has 1 fully saturated rings. The molecule has 4 nitrogen and oxygen atoms in total. The molecule has 4 heteroatoms. The van der Waals surface area contributed by atoms with Crippen molar-refractivity contribution in [2.24, 2.45) is 0 Å². The van der Waals surface area contributed by atoms with Crippen LogP contribution >= 0.6 is 0 Å². The van der Waals surface area contributed by atoms with E-state index in [9.17, 15) is 9.90 Å². The molecule has 0 spiro atoms. The number of hydrogen-bond acceptors (Lipinski definition) is 2. The van der Waals surface area contributed by atoms with Crippen LogP contribution in [0.5, 0.6) is 0 Å². The van der Waals surface area contributed by atoms with Crippen LogP contribution in [0, 0.1) is 11.3 Å². The lowest BCUT2D eigenvalue weighted by Gasteiger charge is -2.33. The third-order valence-corrected chi connectivity index (χ3v) is 6.82. The predicted octanol–water partition coefficient (Wildman–Crippen LogP) is 5.97. The number of nitrogens with zero attached hydrogens (tertiary/aromatic N) is 2. The number of benzene rings is 3. The monoisotopic (exact) mass is 396 g/mol. The number of rotatable bonds is 3. The lowest BCUT2D eigenvalue weighted by Crippen LogP contribution is -2.37. The number of carboxylic acid groups (broad SMARTS) is 1. The van der Waals surface area contributed by atoms with E-state index in [4.69, 9.17) is 5.26 Å². The Bertz CT molecular complexity index is 1190. The fraction of sp³-hybridized carbons (Fsp3) is 0.308. The second kappa shape index (κ2) is 7.18. The van der Waals surface area contributed by atoms with E-state index in [0.29, 0.717) is 30.5 Å². The van der Waals surface area contributed by atoms with Crippen molar-refractivity contribution >= 4 is 16.9 Å². The van der Waals surface area contributed by atoms with E-state index in [0.717, 1.165) is 23.8 Å². The first-order chi connectivity index (χ1) is 14.6. The third kappa shape index (κ3) is 3.21. The van der Waals surface area contributed by atoms with Gasteiger partial charge in [0.15, 0.2) is 0 Å². The van der Waals surface area contributed by atoms with Gasteiger partial charge in [0.05, 0.1) is 11.6 Å². The first-order valence-corrected chi connectivity index (χ1v) is 10.6. The van der Waals surface area contributed by atoms with Crippen molar-refractivity contribution in [1.82, 2.24) is 4.90 Å². The van der Waals surface area contributed by atoms with E-state index in [1.165, 1.54) is 27.0 Å². The van der Waals surface area contributed by atoms with Crippen molar-refractivity contribution in [3.8, 4) is 6.07 Å². The molecule has 0 saturated heterocycles. The highest BCUT2D eigenvalue weighted by molar-refractivity contribution is 5.84. The molecule has 0 bridgehead atoms. The van der Waals surface area contributed by atoms with E-state index in [-0.39, 0.29) is 5.92 Å². The van der Waals surface area contributed by atoms with Gasteiger partial charge in [-0.1, -0.05) is 49.4 Å². The molecule has 1 N–H and O–H groups in total. The van der Waals surface area contributed by atoms with Gasteiger partial charge in [0.2, 0.25) is 0 Å². The molecule has 1 saturated carbocycles. The predicted molar refractivity (Wildman–Crippen MR) is 117 cm³/mol. The molecule has 3 aromatic carbocycles. The fourth-order valence-corrected chi connectivity index (χ4v) is 4.99. The van der Waals surface area contributed by atoms with Crippen LogP contribution in [0.4, 0.5) is 4.79 Å². The molecular formula is C26H24N2O2. The number of fused-ring (bicyclic) bond motifs is 2. The zero-order chi connectivity index (χ0) is 20.8. The van der Waals surface area contributed by atoms with Gasteiger partial charge in [0.25, 0.3) is 0 Å². The molecule has 5 rings (SSSR count). The maximum Gasteiger partial charge on any atom is 0.407 e. The first-order valence-electron chi connectivity index (χ1n) is 10.6. The van der Waals surface area contributed by atoms with Gasteiger partial charge in [-0.2, -0.15) is 5.26 Å². The normalized spacial score (nSPS) is 22.4. The number of amides is 1. The zero-order valence-corrected chi connectivity index (χ0v) is 17.0. The molecule has 0 radical (unpaired) electrons. The van der Waals surface area contributed by atoms with Crippen LogP contribution in [0.15, 0.2) is 54.6 Å². The van der Waals surface area contributed by atoms with Crippen molar-refractivity contribution in [2.45, 2.75) is 44.1 Å². The summed E-state index contributed by atoms with van der Waals surface area (Å²) in [6, 6.07) is 21.3. The van der Waals surface area contributed by atoms with Gasteiger partial charge in [-0.3, -0.25) is 0 Å². The van der Waals surface area contributed by atoms with E-state index in [2.05, 4.69) is 49.4 Å². The Hall–Kier alpha value is -3.32. The number of carbonyl (C=O) groups is 1. The summed E-state index contributed by atoms with van der Waals surface area (Å²) in [5.41, 5.74) is 5.91. The molecule has 0 aromatic heterocycles. The van der Waals surface area contributed by atoms with Crippen molar-refractivity contribution < 1.29 is 9.90 Å². The molecule has 1 aliphatic carbocycles. The highest BCUT2D eigenvalue weighted by atomic mass is 16.4. The van der Waals surface area contributed by atoms with Crippen LogP contribution in [-0.2, 0) is 6.54 Å². The van der Waals surface area contributed by atoms with Crippen LogP contribution in [0.2, 0.25) is 0 Å². The summed E-state index contributed by atoms with van der Waals surface area (Å²) in [5, 5.41) is 20.8. The number of nitriles is 1. The Morgan fingerprint density at radius 1 is 1.07 bits per heavy atom. The molecular weight excluding hydrogens is 372 g/mol. The number of hydrogen-bond donors (Lipinski definition) is 1. The largest absolute Gasteiger partial charge is 0.465 e. The summed E-state index contributed by atoms with van der Waals surface area (Å²) in [7, 11) is 0. The van der Waals surface area contributed by atoms with E-state index in [1.807, 2.05) is 18.2 Å². The molecule has 150 valence electrons. The van der Waals surface area contributed by atoms with Gasteiger partial charge in [0, 0.05) is 19.0 Å². The van der Waals surface area contributed by atoms with Crippen molar-refractivity contribution in [3.05, 3.63) is 82.4 Å². The zero-order valence-electron chi connectivity index (χ0n) is 17.0. The molecule has 30 heavy (non-hydrogen) atoms. The fourth-order valence-electron chi connectivity index (χ4n) is 4.99. The minimum absolute atomic E-state index is 0.275. The van der Waals surface area contributed by atoms with Crippen molar-refractivity contribution in [2.75, 3.05) is 6.54 Å². The minimum Gasteiger partial charge on any atom is -0.465 e. The topological polar surface area (TPSA) is 64.3 Å². The van der Waals surface area contributed by atoms with Crippen molar-refractivity contribution in [3.63, 3.8) is 0 Å². The Kier molecular flexibility index (Phi) is 4.47. The van der Waals surface area contributed by atoms with E-state index in [1.54, 1.807) is 0 Å². The van der Waals surface area contributed by atoms with Gasteiger partial charge in [-0.15, -0.1) is 0 Å². The minimum atomic E-state index is -0.830. The van der Waals surface area contributed by atoms with E-state index >= 15 is 0 Å². The van der Waals surface area contributed by atoms with Crippen LogP contribution in [0.25, 0.3) is 10.8 Å². The maximum atomic E-state index is 11.4. The average molecular weight is 396 g/mol. The maximum absolute atomic E-state index is 11.4. The van der Waals surface area contributed by atoms with Gasteiger partial charge in [0.1, 0.15) is 0 Å².